The van der Waals surface area contributed by atoms with Crippen molar-refractivity contribution in [2.45, 2.75) is 12.5 Å². The highest BCUT2D eigenvalue weighted by Crippen LogP contribution is 2.17. The number of nitrogens with one attached hydrogen (secondary N) is 1. The summed E-state index contributed by atoms with van der Waals surface area (Å²) in [6.07, 6.45) is 5.37. The minimum Gasteiger partial charge on any atom is -0.311 e. The average molecular weight is 249 g/mol. The Labute approximate surface area is 104 Å². The summed E-state index contributed by atoms with van der Waals surface area (Å²) in [6, 6.07) is 3.83. The zero-order valence-corrected chi connectivity index (χ0v) is 9.90. The molecule has 0 aliphatic rings. The van der Waals surface area contributed by atoms with Gasteiger partial charge in [0.2, 0.25) is 0 Å². The first kappa shape index (κ1) is 12.6. The molecule has 0 bridgehead atoms. The monoisotopic (exact) mass is 249 g/mol. The van der Waals surface area contributed by atoms with Gasteiger partial charge in [-0.1, -0.05) is 6.07 Å². The van der Waals surface area contributed by atoms with E-state index in [0.29, 0.717) is 12.0 Å². The fraction of sp³-hybridized carbons (Fsp3) is 0.231. The van der Waals surface area contributed by atoms with E-state index in [2.05, 4.69) is 15.3 Å². The Bertz CT molecular complexity index is 517. The lowest BCUT2D eigenvalue weighted by atomic mass is 10.0. The molecule has 1 aromatic carbocycles. The molecule has 0 saturated carbocycles. The predicted octanol–water partition coefficient (Wildman–Crippen LogP) is 2.26. The lowest BCUT2D eigenvalue weighted by Gasteiger charge is -2.15. The van der Waals surface area contributed by atoms with Crippen LogP contribution in [-0.4, -0.2) is 17.0 Å². The van der Waals surface area contributed by atoms with Crippen molar-refractivity contribution in [2.24, 2.45) is 0 Å². The maximum absolute atomic E-state index is 13.1. The van der Waals surface area contributed by atoms with Crippen LogP contribution in [0.4, 0.5) is 8.78 Å². The molecule has 0 saturated heterocycles. The van der Waals surface area contributed by atoms with Gasteiger partial charge in [-0.3, -0.25) is 9.97 Å². The molecule has 18 heavy (non-hydrogen) atoms. The van der Waals surface area contributed by atoms with Gasteiger partial charge in [0.05, 0.1) is 11.7 Å². The molecule has 1 heterocycles. The smallest absolute Gasteiger partial charge is 0.159 e. The van der Waals surface area contributed by atoms with Crippen molar-refractivity contribution in [3.8, 4) is 0 Å². The second kappa shape index (κ2) is 5.64. The number of rotatable bonds is 4. The van der Waals surface area contributed by atoms with Gasteiger partial charge in [0, 0.05) is 18.6 Å². The minimum atomic E-state index is -0.834. The molecule has 1 atom stereocenters. The maximum atomic E-state index is 13.1. The molecule has 5 heteroatoms. The molecule has 0 fully saturated rings. The molecule has 3 nitrogen and oxygen atoms in total. The topological polar surface area (TPSA) is 37.8 Å². The third-order valence-corrected chi connectivity index (χ3v) is 2.71. The fourth-order valence-corrected chi connectivity index (χ4v) is 1.75. The molecule has 2 aromatic rings. The van der Waals surface area contributed by atoms with E-state index >= 15 is 0 Å². The Morgan fingerprint density at radius 2 is 2.06 bits per heavy atom. The standard InChI is InChI=1S/C13H13F2N3/c1-16-12(13-8-17-4-5-18-13)7-9-2-3-10(14)11(15)6-9/h2-6,8,12,16H,7H2,1H3. The summed E-state index contributed by atoms with van der Waals surface area (Å²) < 4.78 is 25.9. The zero-order valence-electron chi connectivity index (χ0n) is 9.90. The molecule has 1 N–H and O–H groups in total. The molecule has 94 valence electrons. The van der Waals surface area contributed by atoms with Gasteiger partial charge in [-0.05, 0) is 31.2 Å². The second-order valence-corrected chi connectivity index (χ2v) is 3.92. The third-order valence-electron chi connectivity index (χ3n) is 2.71. The van der Waals surface area contributed by atoms with Crippen molar-refractivity contribution in [2.75, 3.05) is 7.05 Å². The fourth-order valence-electron chi connectivity index (χ4n) is 1.75. The van der Waals surface area contributed by atoms with E-state index in [1.807, 2.05) is 0 Å². The SMILES string of the molecule is CNC(Cc1ccc(F)c(F)c1)c1cnccn1. The van der Waals surface area contributed by atoms with Gasteiger partial charge in [-0.25, -0.2) is 8.78 Å². The van der Waals surface area contributed by atoms with E-state index in [9.17, 15) is 8.78 Å². The van der Waals surface area contributed by atoms with Gasteiger partial charge < -0.3 is 5.32 Å². The van der Waals surface area contributed by atoms with Crippen molar-refractivity contribution in [1.82, 2.24) is 15.3 Å². The van der Waals surface area contributed by atoms with E-state index in [1.165, 1.54) is 6.07 Å². The van der Waals surface area contributed by atoms with Crippen LogP contribution in [0, 0.1) is 11.6 Å². The highest BCUT2D eigenvalue weighted by Gasteiger charge is 2.12. The predicted molar refractivity (Wildman–Crippen MR) is 63.9 cm³/mol. The number of likely N-dealkylation sites (N-methyl/N-ethyl adjacent to an activating group) is 1. The first-order chi connectivity index (χ1) is 8.70. The second-order valence-electron chi connectivity index (χ2n) is 3.92. The average Bonchev–Trinajstić information content (AvgIpc) is 2.41. The van der Waals surface area contributed by atoms with Gasteiger partial charge >= 0.3 is 0 Å². The number of halogens is 2. The Morgan fingerprint density at radius 3 is 2.67 bits per heavy atom. The Balaban J connectivity index is 2.18. The van der Waals surface area contributed by atoms with Crippen LogP contribution in [0.15, 0.2) is 36.8 Å². The molecule has 0 aliphatic heterocycles. The quantitative estimate of drug-likeness (QED) is 0.903. The number of hydrogen-bond acceptors (Lipinski definition) is 3. The van der Waals surface area contributed by atoms with Crippen molar-refractivity contribution in [1.29, 1.82) is 0 Å². The lowest BCUT2D eigenvalue weighted by Crippen LogP contribution is -2.20. The van der Waals surface area contributed by atoms with Crippen LogP contribution in [0.1, 0.15) is 17.3 Å². The van der Waals surface area contributed by atoms with Crippen LogP contribution >= 0.6 is 0 Å². The lowest BCUT2D eigenvalue weighted by molar-refractivity contribution is 0.504. The molecule has 1 aromatic heterocycles. The first-order valence-corrected chi connectivity index (χ1v) is 5.58. The molecule has 0 radical (unpaired) electrons. The summed E-state index contributed by atoms with van der Waals surface area (Å²) in [5, 5.41) is 3.08. The van der Waals surface area contributed by atoms with Crippen molar-refractivity contribution in [3.63, 3.8) is 0 Å². The van der Waals surface area contributed by atoms with Crippen molar-refractivity contribution in [3.05, 3.63) is 59.7 Å². The van der Waals surface area contributed by atoms with Gasteiger partial charge in [-0.15, -0.1) is 0 Å². The molecular weight excluding hydrogens is 236 g/mol. The highest BCUT2D eigenvalue weighted by molar-refractivity contribution is 5.20. The number of benzene rings is 1. The van der Waals surface area contributed by atoms with Crippen molar-refractivity contribution >= 4 is 0 Å². The summed E-state index contributed by atoms with van der Waals surface area (Å²) in [4.78, 5) is 8.18. The van der Waals surface area contributed by atoms with Crippen LogP contribution < -0.4 is 5.32 Å². The van der Waals surface area contributed by atoms with E-state index in [1.54, 1.807) is 31.7 Å². The normalized spacial score (nSPS) is 12.4. The summed E-state index contributed by atoms with van der Waals surface area (Å²) in [5.41, 5.74) is 1.48. The van der Waals surface area contributed by atoms with Crippen LogP contribution in [0.5, 0.6) is 0 Å². The van der Waals surface area contributed by atoms with E-state index < -0.39 is 11.6 Å². The largest absolute Gasteiger partial charge is 0.311 e. The molecule has 1 unspecified atom stereocenters. The maximum Gasteiger partial charge on any atom is 0.159 e. The summed E-state index contributed by atoms with van der Waals surface area (Å²) in [7, 11) is 1.79. The Morgan fingerprint density at radius 1 is 1.22 bits per heavy atom. The van der Waals surface area contributed by atoms with Crippen LogP contribution in [0.2, 0.25) is 0 Å². The summed E-state index contributed by atoms with van der Waals surface area (Å²) >= 11 is 0. The van der Waals surface area contributed by atoms with Gasteiger partial charge in [-0.2, -0.15) is 0 Å². The Kier molecular flexibility index (Phi) is 3.94. The molecule has 0 amide bonds. The summed E-state index contributed by atoms with van der Waals surface area (Å²) in [5.74, 6) is -1.67. The van der Waals surface area contributed by atoms with Crippen LogP contribution in [0.25, 0.3) is 0 Å². The van der Waals surface area contributed by atoms with E-state index in [0.717, 1.165) is 11.8 Å². The number of hydrogen-bond donors (Lipinski definition) is 1. The molecule has 0 spiro atoms. The zero-order chi connectivity index (χ0) is 13.0. The van der Waals surface area contributed by atoms with E-state index in [4.69, 9.17) is 0 Å². The van der Waals surface area contributed by atoms with Crippen LogP contribution in [0.3, 0.4) is 0 Å². The van der Waals surface area contributed by atoms with Gasteiger partial charge in [0.15, 0.2) is 11.6 Å². The number of nitrogens with zero attached hydrogens (tertiary/aromatic N) is 2. The Hall–Kier alpha value is -1.88. The highest BCUT2D eigenvalue weighted by atomic mass is 19.2. The van der Waals surface area contributed by atoms with Crippen LogP contribution in [-0.2, 0) is 6.42 Å². The molecule has 2 rings (SSSR count). The number of aromatic nitrogens is 2. The van der Waals surface area contributed by atoms with Gasteiger partial charge in [0.1, 0.15) is 0 Å². The van der Waals surface area contributed by atoms with Gasteiger partial charge in [0.25, 0.3) is 0 Å². The van der Waals surface area contributed by atoms with E-state index in [-0.39, 0.29) is 6.04 Å². The van der Waals surface area contributed by atoms with Crippen molar-refractivity contribution < 1.29 is 8.78 Å². The third kappa shape index (κ3) is 2.87. The summed E-state index contributed by atoms with van der Waals surface area (Å²) in [6.45, 7) is 0. The minimum absolute atomic E-state index is 0.0800. The first-order valence-electron chi connectivity index (χ1n) is 5.58. The molecular formula is C13H13F2N3. The molecule has 0 aliphatic carbocycles.